The van der Waals surface area contributed by atoms with Crippen molar-refractivity contribution < 1.29 is 0 Å². The third-order valence-corrected chi connectivity index (χ3v) is 5.84. The maximum atomic E-state index is 6.13. The molecule has 1 aliphatic heterocycles. The lowest BCUT2D eigenvalue weighted by molar-refractivity contribution is 0.107. The fourth-order valence-electron chi connectivity index (χ4n) is 3.14. The fraction of sp³-hybridized carbons (Fsp3) is 0.722. The van der Waals surface area contributed by atoms with Crippen LogP contribution in [0.4, 0.5) is 0 Å². The average Bonchev–Trinajstić information content (AvgIpc) is 2.90. The van der Waals surface area contributed by atoms with E-state index in [2.05, 4.69) is 46.2 Å². The number of piperazine rings is 1. The molecule has 1 fully saturated rings. The van der Waals surface area contributed by atoms with Crippen molar-refractivity contribution in [2.45, 2.75) is 33.4 Å². The van der Waals surface area contributed by atoms with Gasteiger partial charge in [-0.3, -0.25) is 4.90 Å². The summed E-state index contributed by atoms with van der Waals surface area (Å²) in [6.45, 7) is 14.5. The maximum Gasteiger partial charge on any atom is 0.191 e. The third kappa shape index (κ3) is 7.27. The molecule has 156 valence electrons. The first kappa shape index (κ1) is 24.8. The standard InChI is InChI=1S/C18H32Cl2N6.HI/c1-5-21-18(23-13-15-11-16(19)17(20)24(15)4)22-12-14(3)26-9-7-25(6-2)8-10-26;/h11,14H,5-10,12-13H2,1-4H3,(H2,21,22,23);1H. The van der Waals surface area contributed by atoms with Gasteiger partial charge in [-0.15, -0.1) is 24.0 Å². The second kappa shape index (κ2) is 12.4. The molecule has 0 saturated carbocycles. The van der Waals surface area contributed by atoms with Crippen LogP contribution in [-0.4, -0.2) is 72.2 Å². The molecule has 0 spiro atoms. The van der Waals surface area contributed by atoms with E-state index in [-0.39, 0.29) is 24.0 Å². The monoisotopic (exact) mass is 530 g/mol. The van der Waals surface area contributed by atoms with Gasteiger partial charge in [0, 0.05) is 58.1 Å². The lowest BCUT2D eigenvalue weighted by atomic mass is 10.2. The summed E-state index contributed by atoms with van der Waals surface area (Å²) in [6, 6.07) is 2.34. The largest absolute Gasteiger partial charge is 0.357 e. The van der Waals surface area contributed by atoms with Gasteiger partial charge in [0.25, 0.3) is 0 Å². The molecule has 0 radical (unpaired) electrons. The van der Waals surface area contributed by atoms with Gasteiger partial charge >= 0.3 is 0 Å². The van der Waals surface area contributed by atoms with Gasteiger partial charge in [-0.05, 0) is 26.5 Å². The van der Waals surface area contributed by atoms with E-state index in [1.165, 1.54) is 0 Å². The molecule has 0 aromatic carbocycles. The number of likely N-dealkylation sites (N-methyl/N-ethyl adjacent to an activating group) is 1. The Bertz CT molecular complexity index is 599. The molecule has 27 heavy (non-hydrogen) atoms. The van der Waals surface area contributed by atoms with Crippen molar-refractivity contribution in [3.8, 4) is 0 Å². The van der Waals surface area contributed by atoms with Crippen molar-refractivity contribution in [1.29, 1.82) is 0 Å². The number of nitrogens with zero attached hydrogens (tertiary/aromatic N) is 4. The zero-order valence-electron chi connectivity index (χ0n) is 16.8. The van der Waals surface area contributed by atoms with Crippen LogP contribution in [0.2, 0.25) is 10.2 Å². The lowest BCUT2D eigenvalue weighted by Gasteiger charge is -2.37. The molecular weight excluding hydrogens is 498 g/mol. The van der Waals surface area contributed by atoms with E-state index in [1.54, 1.807) is 0 Å². The molecule has 2 rings (SSSR count). The highest BCUT2D eigenvalue weighted by Crippen LogP contribution is 2.25. The van der Waals surface area contributed by atoms with Crippen LogP contribution in [0, 0.1) is 0 Å². The predicted octanol–water partition coefficient (Wildman–Crippen LogP) is 3.03. The van der Waals surface area contributed by atoms with E-state index in [4.69, 9.17) is 23.2 Å². The Balaban J connectivity index is 0.00000364. The third-order valence-electron chi connectivity index (χ3n) is 5.00. The van der Waals surface area contributed by atoms with Gasteiger partial charge in [0.05, 0.1) is 11.6 Å². The van der Waals surface area contributed by atoms with E-state index in [9.17, 15) is 0 Å². The number of hydrogen-bond acceptors (Lipinski definition) is 3. The number of rotatable bonds is 7. The first-order valence-corrected chi connectivity index (χ1v) is 10.2. The molecule has 2 N–H and O–H groups in total. The number of guanidine groups is 1. The van der Waals surface area contributed by atoms with E-state index in [0.717, 1.165) is 57.5 Å². The predicted molar refractivity (Wildman–Crippen MR) is 127 cm³/mol. The molecular formula is C18H33Cl2IN6. The summed E-state index contributed by atoms with van der Waals surface area (Å²) in [5.41, 5.74) is 0.987. The van der Waals surface area contributed by atoms with E-state index in [0.29, 0.717) is 22.8 Å². The van der Waals surface area contributed by atoms with Gasteiger partial charge in [-0.25, -0.2) is 4.99 Å². The minimum atomic E-state index is 0. The Morgan fingerprint density at radius 3 is 2.37 bits per heavy atom. The highest BCUT2D eigenvalue weighted by atomic mass is 127. The summed E-state index contributed by atoms with van der Waals surface area (Å²) >= 11 is 12.2. The van der Waals surface area contributed by atoms with E-state index in [1.807, 2.05) is 17.7 Å². The minimum absolute atomic E-state index is 0. The number of halogens is 3. The molecule has 1 aliphatic rings. The van der Waals surface area contributed by atoms with Crippen LogP contribution in [0.3, 0.4) is 0 Å². The van der Waals surface area contributed by atoms with Gasteiger partial charge in [0.15, 0.2) is 5.96 Å². The zero-order valence-corrected chi connectivity index (χ0v) is 20.6. The van der Waals surface area contributed by atoms with Gasteiger partial charge in [-0.1, -0.05) is 30.1 Å². The summed E-state index contributed by atoms with van der Waals surface area (Å²) in [4.78, 5) is 9.71. The SMILES string of the molecule is CCNC(=NCc1cc(Cl)c(Cl)n1C)NCC(C)N1CCN(CC)CC1.I. The molecule has 1 aromatic heterocycles. The first-order chi connectivity index (χ1) is 12.5. The summed E-state index contributed by atoms with van der Waals surface area (Å²) in [5.74, 6) is 0.819. The highest BCUT2D eigenvalue weighted by molar-refractivity contribution is 14.0. The van der Waals surface area contributed by atoms with Gasteiger partial charge < -0.3 is 20.1 Å². The smallest absolute Gasteiger partial charge is 0.191 e. The molecule has 1 unspecified atom stereocenters. The van der Waals surface area contributed by atoms with E-state index < -0.39 is 0 Å². The second-order valence-electron chi connectivity index (χ2n) is 6.73. The average molecular weight is 531 g/mol. The summed E-state index contributed by atoms with van der Waals surface area (Å²) in [6.07, 6.45) is 0. The topological polar surface area (TPSA) is 47.8 Å². The Labute approximate surface area is 190 Å². The van der Waals surface area contributed by atoms with Crippen LogP contribution in [0.25, 0.3) is 0 Å². The van der Waals surface area contributed by atoms with Crippen molar-refractivity contribution in [2.75, 3.05) is 45.8 Å². The number of hydrogen-bond donors (Lipinski definition) is 2. The maximum absolute atomic E-state index is 6.13. The molecule has 0 bridgehead atoms. The molecule has 9 heteroatoms. The van der Waals surface area contributed by atoms with Crippen LogP contribution >= 0.6 is 47.2 Å². The van der Waals surface area contributed by atoms with Crippen LogP contribution in [0.1, 0.15) is 26.5 Å². The van der Waals surface area contributed by atoms with Crippen LogP contribution in [0.5, 0.6) is 0 Å². The Kier molecular flexibility index (Phi) is 11.4. The van der Waals surface area contributed by atoms with Crippen molar-refractivity contribution in [1.82, 2.24) is 25.0 Å². The molecule has 1 atom stereocenters. The van der Waals surface area contributed by atoms with Gasteiger partial charge in [0.2, 0.25) is 0 Å². The molecule has 6 nitrogen and oxygen atoms in total. The number of aliphatic imine (C=N–C) groups is 1. The Morgan fingerprint density at radius 2 is 1.85 bits per heavy atom. The van der Waals surface area contributed by atoms with Crippen LogP contribution in [-0.2, 0) is 13.6 Å². The van der Waals surface area contributed by atoms with Crippen LogP contribution in [0.15, 0.2) is 11.1 Å². The summed E-state index contributed by atoms with van der Waals surface area (Å²) < 4.78 is 1.87. The van der Waals surface area contributed by atoms with Gasteiger partial charge in [-0.2, -0.15) is 0 Å². The zero-order chi connectivity index (χ0) is 19.1. The summed E-state index contributed by atoms with van der Waals surface area (Å²) in [5, 5.41) is 7.89. The van der Waals surface area contributed by atoms with Crippen LogP contribution < -0.4 is 10.6 Å². The number of nitrogens with one attached hydrogen (secondary N) is 2. The van der Waals surface area contributed by atoms with Crippen molar-refractivity contribution in [2.24, 2.45) is 12.0 Å². The Morgan fingerprint density at radius 1 is 1.19 bits per heavy atom. The van der Waals surface area contributed by atoms with E-state index >= 15 is 0 Å². The molecule has 1 aromatic rings. The molecule has 1 saturated heterocycles. The van der Waals surface area contributed by atoms with Crippen molar-refractivity contribution >= 4 is 53.1 Å². The second-order valence-corrected chi connectivity index (χ2v) is 7.49. The lowest BCUT2D eigenvalue weighted by Crippen LogP contribution is -2.53. The van der Waals surface area contributed by atoms with Crippen molar-refractivity contribution in [3.05, 3.63) is 21.9 Å². The quantitative estimate of drug-likeness (QED) is 0.323. The fourth-order valence-corrected chi connectivity index (χ4v) is 3.55. The minimum Gasteiger partial charge on any atom is -0.357 e. The Hall–Kier alpha value is -0.220. The molecule has 2 heterocycles. The first-order valence-electron chi connectivity index (χ1n) is 9.44. The van der Waals surface area contributed by atoms with Crippen molar-refractivity contribution in [3.63, 3.8) is 0 Å². The van der Waals surface area contributed by atoms with Gasteiger partial charge in [0.1, 0.15) is 5.15 Å². The number of aromatic nitrogens is 1. The molecule has 0 amide bonds. The summed E-state index contributed by atoms with van der Waals surface area (Å²) in [7, 11) is 1.90. The molecule has 0 aliphatic carbocycles. The highest BCUT2D eigenvalue weighted by Gasteiger charge is 2.20. The normalized spacial score (nSPS) is 17.5.